The molecule has 3 aromatic rings. The van der Waals surface area contributed by atoms with Crippen LogP contribution in [0.4, 0.5) is 10.1 Å². The lowest BCUT2D eigenvalue weighted by atomic mass is 10.2. The van der Waals surface area contributed by atoms with E-state index in [2.05, 4.69) is 10.3 Å². The predicted molar refractivity (Wildman–Crippen MR) is 111 cm³/mol. The standard InChI is InChI=1S/C20H11Cl2FN2O2S/c21-11-5-7-14(22)13(9-11)17-8-6-12(27-17)10-18-19(26)25-20(28-18)24-16-4-2-1-3-15(16)23/h1-10H,(H,24,25,26). The fourth-order valence-corrected chi connectivity index (χ4v) is 3.72. The van der Waals surface area contributed by atoms with Crippen molar-refractivity contribution in [1.29, 1.82) is 0 Å². The first-order chi connectivity index (χ1) is 13.5. The Morgan fingerprint density at radius 2 is 1.93 bits per heavy atom. The summed E-state index contributed by atoms with van der Waals surface area (Å²) >= 11 is 13.3. The number of benzene rings is 2. The number of rotatable bonds is 3. The van der Waals surface area contributed by atoms with E-state index in [0.717, 1.165) is 11.8 Å². The minimum absolute atomic E-state index is 0.155. The zero-order valence-corrected chi connectivity index (χ0v) is 16.4. The minimum Gasteiger partial charge on any atom is -0.457 e. The molecule has 2 heterocycles. The highest BCUT2D eigenvalue weighted by atomic mass is 35.5. The average molecular weight is 433 g/mol. The topological polar surface area (TPSA) is 54.6 Å². The maximum atomic E-state index is 13.7. The number of carbonyl (C=O) groups excluding carboxylic acids is 1. The van der Waals surface area contributed by atoms with Crippen molar-refractivity contribution >= 4 is 57.8 Å². The number of hydrogen-bond acceptors (Lipinski definition) is 4. The van der Waals surface area contributed by atoms with Gasteiger partial charge in [0.15, 0.2) is 5.17 Å². The molecule has 4 nitrogen and oxygen atoms in total. The molecule has 0 atom stereocenters. The molecule has 0 spiro atoms. The minimum atomic E-state index is -0.462. The molecule has 1 aliphatic heterocycles. The third-order valence-electron chi connectivity index (χ3n) is 3.82. The lowest BCUT2D eigenvalue weighted by molar-refractivity contribution is -0.115. The van der Waals surface area contributed by atoms with E-state index >= 15 is 0 Å². The van der Waals surface area contributed by atoms with E-state index in [1.807, 2.05) is 0 Å². The summed E-state index contributed by atoms with van der Waals surface area (Å²) in [5, 5.41) is 3.95. The Kier molecular flexibility index (Phi) is 5.26. The maximum Gasteiger partial charge on any atom is 0.264 e. The molecule has 0 bridgehead atoms. The van der Waals surface area contributed by atoms with Gasteiger partial charge in [-0.3, -0.25) is 4.79 Å². The van der Waals surface area contributed by atoms with Crippen LogP contribution in [-0.2, 0) is 4.79 Å². The van der Waals surface area contributed by atoms with Gasteiger partial charge in [0.1, 0.15) is 23.0 Å². The average Bonchev–Trinajstić information content (AvgIpc) is 3.26. The Morgan fingerprint density at radius 3 is 2.75 bits per heavy atom. The van der Waals surface area contributed by atoms with E-state index in [-0.39, 0.29) is 11.6 Å². The fourth-order valence-electron chi connectivity index (χ4n) is 2.52. The quantitative estimate of drug-likeness (QED) is 0.495. The molecule has 1 fully saturated rings. The number of halogens is 3. The molecular weight excluding hydrogens is 422 g/mol. The van der Waals surface area contributed by atoms with Crippen LogP contribution in [0.5, 0.6) is 0 Å². The van der Waals surface area contributed by atoms with Gasteiger partial charge in [-0.15, -0.1) is 0 Å². The van der Waals surface area contributed by atoms with Gasteiger partial charge in [0.05, 0.1) is 9.93 Å². The van der Waals surface area contributed by atoms with Crippen LogP contribution >= 0.6 is 35.0 Å². The molecule has 0 saturated carbocycles. The summed E-state index contributed by atoms with van der Waals surface area (Å²) in [7, 11) is 0. The van der Waals surface area contributed by atoms with Crippen LogP contribution in [-0.4, -0.2) is 11.1 Å². The molecule has 1 saturated heterocycles. The van der Waals surface area contributed by atoms with E-state index in [1.165, 1.54) is 12.1 Å². The second kappa shape index (κ2) is 7.83. The second-order valence-electron chi connectivity index (χ2n) is 5.76. The number of amides is 1. The number of nitrogens with zero attached hydrogens (tertiary/aromatic N) is 1. The van der Waals surface area contributed by atoms with Crippen molar-refractivity contribution in [3.63, 3.8) is 0 Å². The molecule has 1 amide bonds. The van der Waals surface area contributed by atoms with Gasteiger partial charge in [-0.25, -0.2) is 9.38 Å². The number of hydrogen-bond donors (Lipinski definition) is 1. The third-order valence-corrected chi connectivity index (χ3v) is 5.29. The lowest BCUT2D eigenvalue weighted by Crippen LogP contribution is -2.19. The Hall–Kier alpha value is -2.54. The van der Waals surface area contributed by atoms with E-state index in [4.69, 9.17) is 27.6 Å². The van der Waals surface area contributed by atoms with Crippen molar-refractivity contribution in [1.82, 2.24) is 5.32 Å². The summed E-state index contributed by atoms with van der Waals surface area (Å²) in [6.45, 7) is 0. The lowest BCUT2D eigenvalue weighted by Gasteiger charge is -2.01. The molecule has 0 unspecified atom stereocenters. The van der Waals surface area contributed by atoms with Gasteiger partial charge in [0.25, 0.3) is 5.91 Å². The monoisotopic (exact) mass is 432 g/mol. The van der Waals surface area contributed by atoms with E-state index in [9.17, 15) is 9.18 Å². The number of carbonyl (C=O) groups is 1. The van der Waals surface area contributed by atoms with Gasteiger partial charge >= 0.3 is 0 Å². The van der Waals surface area contributed by atoms with Gasteiger partial charge in [-0.2, -0.15) is 0 Å². The third kappa shape index (κ3) is 3.99. The highest BCUT2D eigenvalue weighted by molar-refractivity contribution is 8.18. The number of para-hydroxylation sites is 1. The molecule has 8 heteroatoms. The SMILES string of the molecule is O=C1NC(=Nc2ccccc2F)SC1=Cc1ccc(-c2cc(Cl)ccc2Cl)o1. The second-order valence-corrected chi connectivity index (χ2v) is 7.63. The number of thioether (sulfide) groups is 1. The van der Waals surface area contributed by atoms with Crippen LogP contribution in [0.2, 0.25) is 10.0 Å². The van der Waals surface area contributed by atoms with Crippen molar-refractivity contribution in [3.8, 4) is 11.3 Å². The van der Waals surface area contributed by atoms with Crippen molar-refractivity contribution in [2.45, 2.75) is 0 Å². The number of furan rings is 1. The van der Waals surface area contributed by atoms with Gasteiger partial charge in [0, 0.05) is 16.7 Å². The van der Waals surface area contributed by atoms with Crippen LogP contribution in [0.15, 0.2) is 68.9 Å². The summed E-state index contributed by atoms with van der Waals surface area (Å²) < 4.78 is 19.5. The summed E-state index contributed by atoms with van der Waals surface area (Å²) in [6.07, 6.45) is 1.59. The first kappa shape index (κ1) is 18.8. The van der Waals surface area contributed by atoms with Crippen LogP contribution < -0.4 is 5.32 Å². The first-order valence-electron chi connectivity index (χ1n) is 8.09. The Labute approximate surface area is 174 Å². The van der Waals surface area contributed by atoms with Crippen molar-refractivity contribution < 1.29 is 13.6 Å². The van der Waals surface area contributed by atoms with Crippen molar-refractivity contribution in [3.05, 3.63) is 81.1 Å². The molecule has 0 aliphatic carbocycles. The van der Waals surface area contributed by atoms with E-state index < -0.39 is 5.82 Å². The molecule has 1 aromatic heterocycles. The van der Waals surface area contributed by atoms with Crippen molar-refractivity contribution in [2.24, 2.45) is 4.99 Å². The zero-order chi connectivity index (χ0) is 19.7. The fraction of sp³-hybridized carbons (Fsp3) is 0. The number of nitrogens with one attached hydrogen (secondary N) is 1. The molecule has 4 rings (SSSR count). The molecule has 0 radical (unpaired) electrons. The summed E-state index contributed by atoms with van der Waals surface area (Å²) in [5.74, 6) is 0.203. The highest BCUT2D eigenvalue weighted by Gasteiger charge is 2.24. The van der Waals surface area contributed by atoms with Crippen LogP contribution in [0, 0.1) is 5.82 Å². The molecule has 1 aliphatic rings. The zero-order valence-electron chi connectivity index (χ0n) is 14.1. The Morgan fingerprint density at radius 1 is 1.11 bits per heavy atom. The van der Waals surface area contributed by atoms with Gasteiger partial charge in [0.2, 0.25) is 0 Å². The van der Waals surface area contributed by atoms with Gasteiger partial charge < -0.3 is 9.73 Å². The van der Waals surface area contributed by atoms with Crippen LogP contribution in [0.3, 0.4) is 0 Å². The summed E-state index contributed by atoms with van der Waals surface area (Å²) in [4.78, 5) is 16.7. The van der Waals surface area contributed by atoms with E-state index in [0.29, 0.717) is 37.2 Å². The molecule has 2 aromatic carbocycles. The van der Waals surface area contributed by atoms with Crippen LogP contribution in [0.1, 0.15) is 5.76 Å². The van der Waals surface area contributed by atoms with Gasteiger partial charge in [-0.1, -0.05) is 35.3 Å². The van der Waals surface area contributed by atoms with Gasteiger partial charge in [-0.05, 0) is 54.2 Å². The molecule has 1 N–H and O–H groups in total. The molecular formula is C20H11Cl2FN2O2S. The summed E-state index contributed by atoms with van der Waals surface area (Å²) in [5.41, 5.74) is 0.812. The Balaban J connectivity index is 1.58. The molecule has 140 valence electrons. The number of aliphatic imine (C=N–C) groups is 1. The number of amidine groups is 1. The van der Waals surface area contributed by atoms with Crippen LogP contribution in [0.25, 0.3) is 17.4 Å². The normalized spacial score (nSPS) is 16.8. The highest BCUT2D eigenvalue weighted by Crippen LogP contribution is 2.34. The summed E-state index contributed by atoms with van der Waals surface area (Å²) in [6, 6.07) is 14.6. The van der Waals surface area contributed by atoms with Crippen molar-refractivity contribution in [2.75, 3.05) is 0 Å². The van der Waals surface area contributed by atoms with E-state index in [1.54, 1.807) is 48.5 Å². The predicted octanol–water partition coefficient (Wildman–Crippen LogP) is 6.28. The smallest absolute Gasteiger partial charge is 0.264 e. The Bertz CT molecular complexity index is 1140. The first-order valence-corrected chi connectivity index (χ1v) is 9.66. The largest absolute Gasteiger partial charge is 0.457 e. The molecule has 28 heavy (non-hydrogen) atoms. The maximum absolute atomic E-state index is 13.7.